The smallest absolute Gasteiger partial charge is 0.267 e. The van der Waals surface area contributed by atoms with Gasteiger partial charge in [-0.2, -0.15) is 0 Å². The molecule has 0 spiro atoms. The normalized spacial score (nSPS) is 17.2. The molecule has 0 radical (unpaired) electrons. The Hall–Kier alpha value is -2.97. The van der Waals surface area contributed by atoms with Crippen LogP contribution in [0.3, 0.4) is 0 Å². The maximum atomic E-state index is 13.7. The second kappa shape index (κ2) is 9.35. The summed E-state index contributed by atoms with van der Waals surface area (Å²) >= 11 is 6.73. The molecule has 0 aliphatic carbocycles. The van der Waals surface area contributed by atoms with Gasteiger partial charge in [-0.15, -0.1) is 0 Å². The molecule has 34 heavy (non-hydrogen) atoms. The lowest BCUT2D eigenvalue weighted by Crippen LogP contribution is -2.34. The minimum absolute atomic E-state index is 0.132. The van der Waals surface area contributed by atoms with Crippen molar-refractivity contribution in [1.29, 1.82) is 0 Å². The van der Waals surface area contributed by atoms with Crippen LogP contribution in [0.15, 0.2) is 52.3 Å². The molecule has 1 amide bonds. The third-order valence-corrected chi connectivity index (χ3v) is 7.76. The van der Waals surface area contributed by atoms with Crippen LogP contribution in [0.4, 0.5) is 5.82 Å². The Morgan fingerprint density at radius 3 is 2.74 bits per heavy atom. The second-order valence-electron chi connectivity index (χ2n) is 8.67. The quantitative estimate of drug-likeness (QED) is 0.386. The van der Waals surface area contributed by atoms with Crippen molar-refractivity contribution in [3.05, 3.63) is 80.1 Å². The van der Waals surface area contributed by atoms with E-state index in [1.54, 1.807) is 21.6 Å². The van der Waals surface area contributed by atoms with Crippen molar-refractivity contribution in [1.82, 2.24) is 14.3 Å². The Balaban J connectivity index is 1.64. The predicted octanol–water partition coefficient (Wildman–Crippen LogP) is 4.57. The molecule has 0 N–H and O–H groups in total. The lowest BCUT2D eigenvalue weighted by atomic mass is 9.99. The Bertz CT molecular complexity index is 1400. The van der Waals surface area contributed by atoms with Crippen LogP contribution >= 0.6 is 24.0 Å². The number of aromatic nitrogens is 2. The Morgan fingerprint density at radius 2 is 1.94 bits per heavy atom. The van der Waals surface area contributed by atoms with Crippen molar-refractivity contribution in [2.24, 2.45) is 0 Å². The average molecular weight is 491 g/mol. The molecule has 5 rings (SSSR count). The molecule has 2 aromatic heterocycles. The molecule has 4 heterocycles. The van der Waals surface area contributed by atoms with E-state index in [1.807, 2.05) is 25.1 Å². The van der Waals surface area contributed by atoms with Crippen LogP contribution in [0.5, 0.6) is 0 Å². The standard InChI is InChI=1S/C26H26N4O2S2/c1-3-4-12-30-25(32)21(34-26(30)33)15-20-23(27-22-17(2)8-7-13-29(22)24(20)31)28-14-11-18-9-5-6-10-19(18)16-28/h5-10,13,15H,3-4,11-12,14,16H2,1-2H3. The molecule has 0 bridgehead atoms. The molecular formula is C26H26N4O2S2. The van der Waals surface area contributed by atoms with Crippen LogP contribution in [0.1, 0.15) is 42.0 Å². The number of thiocarbonyl (C=S) groups is 1. The third kappa shape index (κ3) is 4.05. The summed E-state index contributed by atoms with van der Waals surface area (Å²) in [6, 6.07) is 12.2. The fourth-order valence-electron chi connectivity index (χ4n) is 4.48. The van der Waals surface area contributed by atoms with E-state index in [1.165, 1.54) is 22.9 Å². The number of carbonyl (C=O) groups is 1. The van der Waals surface area contributed by atoms with E-state index < -0.39 is 0 Å². The first kappa shape index (κ1) is 22.8. The number of fused-ring (bicyclic) bond motifs is 2. The van der Waals surface area contributed by atoms with E-state index in [-0.39, 0.29) is 11.5 Å². The number of hydrogen-bond donors (Lipinski definition) is 0. The SMILES string of the molecule is CCCCN1C(=O)C(=Cc2c(N3CCc4ccccc4C3)nc3c(C)cccn3c2=O)SC1=S. The monoisotopic (exact) mass is 490 g/mol. The van der Waals surface area contributed by atoms with E-state index >= 15 is 0 Å². The van der Waals surface area contributed by atoms with Gasteiger partial charge in [-0.05, 0) is 48.6 Å². The Labute approximate surface area is 208 Å². The van der Waals surface area contributed by atoms with E-state index in [9.17, 15) is 9.59 Å². The molecule has 1 aromatic carbocycles. The summed E-state index contributed by atoms with van der Waals surface area (Å²) in [7, 11) is 0. The molecule has 0 saturated carbocycles. The van der Waals surface area contributed by atoms with Gasteiger partial charge < -0.3 is 4.90 Å². The summed E-state index contributed by atoms with van der Waals surface area (Å²) in [5, 5.41) is 0. The zero-order valence-corrected chi connectivity index (χ0v) is 20.9. The molecule has 2 aliphatic rings. The number of rotatable bonds is 5. The van der Waals surface area contributed by atoms with Crippen molar-refractivity contribution < 1.29 is 4.79 Å². The average Bonchev–Trinajstić information content (AvgIpc) is 3.11. The molecular weight excluding hydrogens is 464 g/mol. The summed E-state index contributed by atoms with van der Waals surface area (Å²) in [4.78, 5) is 36.1. The van der Waals surface area contributed by atoms with Gasteiger partial charge >= 0.3 is 0 Å². The highest BCUT2D eigenvalue weighted by atomic mass is 32.2. The largest absolute Gasteiger partial charge is 0.351 e. The molecule has 174 valence electrons. The van der Waals surface area contributed by atoms with Gasteiger partial charge in [0.25, 0.3) is 11.5 Å². The van der Waals surface area contributed by atoms with Crippen LogP contribution in [-0.4, -0.2) is 37.6 Å². The van der Waals surface area contributed by atoms with Gasteiger partial charge in [0.1, 0.15) is 15.8 Å². The van der Waals surface area contributed by atoms with Crippen LogP contribution in [0, 0.1) is 6.92 Å². The van der Waals surface area contributed by atoms with Crippen molar-refractivity contribution >= 4 is 51.7 Å². The van der Waals surface area contributed by atoms with Gasteiger partial charge in [-0.25, -0.2) is 4.98 Å². The number of amides is 1. The fourth-order valence-corrected chi connectivity index (χ4v) is 5.77. The zero-order valence-electron chi connectivity index (χ0n) is 19.3. The molecule has 0 atom stereocenters. The van der Waals surface area contributed by atoms with Crippen LogP contribution < -0.4 is 10.5 Å². The predicted molar refractivity (Wildman–Crippen MR) is 142 cm³/mol. The number of pyridine rings is 1. The fraction of sp³-hybridized carbons (Fsp3) is 0.308. The highest BCUT2D eigenvalue weighted by Crippen LogP contribution is 2.34. The molecule has 0 unspecified atom stereocenters. The minimum Gasteiger partial charge on any atom is -0.351 e. The van der Waals surface area contributed by atoms with E-state index in [0.29, 0.717) is 39.3 Å². The maximum absolute atomic E-state index is 13.7. The Morgan fingerprint density at radius 1 is 1.15 bits per heavy atom. The van der Waals surface area contributed by atoms with Crippen LogP contribution in [0.25, 0.3) is 11.7 Å². The van der Waals surface area contributed by atoms with E-state index in [2.05, 4.69) is 30.0 Å². The van der Waals surface area contributed by atoms with Crippen molar-refractivity contribution in [2.75, 3.05) is 18.0 Å². The van der Waals surface area contributed by atoms with Crippen molar-refractivity contribution in [2.45, 2.75) is 39.7 Å². The number of carbonyl (C=O) groups excluding carboxylic acids is 1. The molecule has 6 nitrogen and oxygen atoms in total. The number of benzene rings is 1. The molecule has 8 heteroatoms. The summed E-state index contributed by atoms with van der Waals surface area (Å²) in [6.45, 7) is 6.06. The number of nitrogens with zero attached hydrogens (tertiary/aromatic N) is 4. The number of anilines is 1. The highest BCUT2D eigenvalue weighted by molar-refractivity contribution is 8.26. The summed E-state index contributed by atoms with van der Waals surface area (Å²) in [5.74, 6) is 0.486. The Kier molecular flexibility index (Phi) is 6.27. The summed E-state index contributed by atoms with van der Waals surface area (Å²) in [5.41, 5.74) is 4.37. The minimum atomic E-state index is -0.179. The van der Waals surface area contributed by atoms with Crippen LogP contribution in [-0.2, 0) is 17.8 Å². The number of thioether (sulfide) groups is 1. The van der Waals surface area contributed by atoms with E-state index in [0.717, 1.165) is 31.4 Å². The molecule has 2 aliphatic heterocycles. The molecule has 1 fully saturated rings. The molecule has 1 saturated heterocycles. The maximum Gasteiger partial charge on any atom is 0.267 e. The highest BCUT2D eigenvalue weighted by Gasteiger charge is 2.32. The number of aryl methyl sites for hydroxylation is 1. The van der Waals surface area contributed by atoms with Gasteiger partial charge in [0.05, 0.1) is 10.5 Å². The van der Waals surface area contributed by atoms with Gasteiger partial charge in [0.15, 0.2) is 0 Å². The van der Waals surface area contributed by atoms with Gasteiger partial charge in [-0.1, -0.05) is 67.7 Å². The van der Waals surface area contributed by atoms with Crippen molar-refractivity contribution in [3.63, 3.8) is 0 Å². The first-order valence-corrected chi connectivity index (χ1v) is 12.8. The lowest BCUT2D eigenvalue weighted by Gasteiger charge is -2.31. The second-order valence-corrected chi connectivity index (χ2v) is 10.3. The first-order valence-electron chi connectivity index (χ1n) is 11.6. The van der Waals surface area contributed by atoms with Gasteiger partial charge in [-0.3, -0.25) is 18.9 Å². The molecule has 3 aromatic rings. The first-order chi connectivity index (χ1) is 16.5. The number of unbranched alkanes of at least 4 members (excludes halogenated alkanes) is 1. The van der Waals surface area contributed by atoms with Crippen LogP contribution in [0.2, 0.25) is 0 Å². The summed E-state index contributed by atoms with van der Waals surface area (Å²) in [6.07, 6.45) is 6.18. The van der Waals surface area contributed by atoms with Gasteiger partial charge in [0, 0.05) is 25.8 Å². The lowest BCUT2D eigenvalue weighted by molar-refractivity contribution is -0.122. The zero-order chi connectivity index (χ0) is 23.8. The number of hydrogen-bond acceptors (Lipinski definition) is 6. The summed E-state index contributed by atoms with van der Waals surface area (Å²) < 4.78 is 2.11. The van der Waals surface area contributed by atoms with Gasteiger partial charge in [0.2, 0.25) is 0 Å². The topological polar surface area (TPSA) is 57.9 Å². The van der Waals surface area contributed by atoms with Crippen molar-refractivity contribution in [3.8, 4) is 0 Å². The third-order valence-electron chi connectivity index (χ3n) is 6.38. The van der Waals surface area contributed by atoms with E-state index in [4.69, 9.17) is 17.2 Å².